The van der Waals surface area contributed by atoms with Crippen molar-refractivity contribution in [2.75, 3.05) is 33.0 Å². The van der Waals surface area contributed by atoms with Gasteiger partial charge in [0, 0.05) is 13.0 Å². The predicted octanol–water partition coefficient (Wildman–Crippen LogP) is 13.3. The molecule has 3 N–H and O–H groups in total. The molecule has 0 fully saturated rings. The normalized spacial score (nSPS) is 14.6. The molecule has 9 nitrogen and oxygen atoms in total. The lowest BCUT2D eigenvalue weighted by atomic mass is 10.1. The van der Waals surface area contributed by atoms with Crippen LogP contribution in [0.4, 0.5) is 0 Å². The van der Waals surface area contributed by atoms with Gasteiger partial charge in [-0.15, -0.1) is 0 Å². The fourth-order valence-electron chi connectivity index (χ4n) is 6.08. The minimum atomic E-state index is -4.53. The van der Waals surface area contributed by atoms with Gasteiger partial charge in [0.05, 0.1) is 26.4 Å². The highest BCUT2D eigenvalue weighted by atomic mass is 31.2. The van der Waals surface area contributed by atoms with Crippen molar-refractivity contribution in [1.29, 1.82) is 0 Å². The van der Waals surface area contributed by atoms with Gasteiger partial charge in [0.1, 0.15) is 12.2 Å². The molecule has 342 valence electrons. The number of hydrogen-bond acceptors (Lipinski definition) is 8. The van der Waals surface area contributed by atoms with Crippen LogP contribution in [0.3, 0.4) is 0 Å². The highest BCUT2D eigenvalue weighted by Crippen LogP contribution is 2.43. The molecule has 0 heterocycles. The summed E-state index contributed by atoms with van der Waals surface area (Å²) in [7, 11) is -4.53. The van der Waals surface area contributed by atoms with Gasteiger partial charge in [-0.05, 0) is 83.5 Å². The van der Waals surface area contributed by atoms with Crippen LogP contribution in [-0.2, 0) is 27.9 Å². The summed E-state index contributed by atoms with van der Waals surface area (Å²) in [4.78, 5) is 22.6. The number of unbranched alkanes of at least 4 members (excludes halogenated alkanes) is 18. The molecule has 0 saturated carbocycles. The minimum Gasteiger partial charge on any atom is -0.457 e. The van der Waals surface area contributed by atoms with Gasteiger partial charge in [0.2, 0.25) is 0 Å². The van der Waals surface area contributed by atoms with Gasteiger partial charge >= 0.3 is 13.8 Å². The number of aliphatic hydroxyl groups is 2. The zero-order chi connectivity index (χ0) is 43.2. The lowest BCUT2D eigenvalue weighted by molar-refractivity contribution is -0.154. The SMILES string of the molecule is CC/C=C\C/C=C\C/C=C\C/C=C\C/C=C\CCCCCCOCC(COP(=O)(O)OCC(O)CO)OC(=O)CCCCCCCCC/C=C\CCCCCCCCC. The molecular weight excluding hydrogens is 764 g/mol. The molecule has 0 saturated heterocycles. The van der Waals surface area contributed by atoms with Crippen molar-refractivity contribution in [1.82, 2.24) is 0 Å². The standard InChI is InChI=1S/C49H87O9P/c1-3-5-7-9-11-13-15-17-19-21-23-24-26-28-30-32-34-36-38-40-42-55-45-48(46-57-59(53,54)56-44-47(51)43-50)58-49(52)41-39-37-35-33-31-29-27-25-22-20-18-16-14-12-10-8-6-4-2/h5,7,11,13,17,19-20,22-24,28,30,47-48,50-51H,3-4,6,8-10,12,14-16,18,21,25-27,29,31-46H2,1-2H3,(H,53,54)/b7-5-,13-11-,19-17-,22-20-,24-23-,30-28-. The Morgan fingerprint density at radius 3 is 1.47 bits per heavy atom. The first-order chi connectivity index (χ1) is 28.8. The number of allylic oxidation sites excluding steroid dienone is 12. The molecule has 3 unspecified atom stereocenters. The molecule has 3 atom stereocenters. The maximum Gasteiger partial charge on any atom is 0.472 e. The first kappa shape index (κ1) is 56.9. The summed E-state index contributed by atoms with van der Waals surface area (Å²) in [5.74, 6) is -0.398. The average molecular weight is 851 g/mol. The van der Waals surface area contributed by atoms with Gasteiger partial charge in [-0.2, -0.15) is 0 Å². The molecular formula is C49H87O9P. The van der Waals surface area contributed by atoms with Gasteiger partial charge in [-0.3, -0.25) is 13.8 Å². The first-order valence-electron chi connectivity index (χ1n) is 23.4. The highest BCUT2D eigenvalue weighted by molar-refractivity contribution is 7.47. The second-order valence-electron chi connectivity index (χ2n) is 15.4. The summed E-state index contributed by atoms with van der Waals surface area (Å²) in [5, 5.41) is 18.4. The number of carbonyl (C=O) groups excluding carboxylic acids is 1. The van der Waals surface area contributed by atoms with E-state index in [0.29, 0.717) is 6.61 Å². The van der Waals surface area contributed by atoms with Crippen molar-refractivity contribution >= 4 is 13.8 Å². The molecule has 0 aliphatic carbocycles. The largest absolute Gasteiger partial charge is 0.472 e. The molecule has 0 bridgehead atoms. The van der Waals surface area contributed by atoms with Crippen molar-refractivity contribution in [2.24, 2.45) is 0 Å². The molecule has 0 aromatic carbocycles. The van der Waals surface area contributed by atoms with Crippen molar-refractivity contribution in [2.45, 2.75) is 199 Å². The van der Waals surface area contributed by atoms with E-state index in [1.54, 1.807) is 0 Å². The smallest absolute Gasteiger partial charge is 0.457 e. The van der Waals surface area contributed by atoms with E-state index in [9.17, 15) is 19.4 Å². The Morgan fingerprint density at radius 1 is 0.542 bits per heavy atom. The third-order valence-electron chi connectivity index (χ3n) is 9.63. The Bertz CT molecular complexity index is 1150. The maximum atomic E-state index is 12.6. The zero-order valence-corrected chi connectivity index (χ0v) is 38.3. The molecule has 0 aromatic heterocycles. The highest BCUT2D eigenvalue weighted by Gasteiger charge is 2.26. The van der Waals surface area contributed by atoms with Crippen LogP contribution in [0.25, 0.3) is 0 Å². The Balaban J connectivity index is 4.21. The number of ether oxygens (including phenoxy) is 2. The summed E-state index contributed by atoms with van der Waals surface area (Å²) in [6, 6.07) is 0. The molecule has 0 rings (SSSR count). The fourth-order valence-corrected chi connectivity index (χ4v) is 6.87. The molecule has 0 aliphatic heterocycles. The van der Waals surface area contributed by atoms with Gasteiger partial charge in [-0.25, -0.2) is 4.57 Å². The Hall–Kier alpha value is -2.10. The van der Waals surface area contributed by atoms with E-state index in [0.717, 1.165) is 96.3 Å². The van der Waals surface area contributed by atoms with E-state index < -0.39 is 45.8 Å². The second kappa shape index (κ2) is 45.4. The molecule has 59 heavy (non-hydrogen) atoms. The van der Waals surface area contributed by atoms with Gasteiger partial charge < -0.3 is 24.6 Å². The lowest BCUT2D eigenvalue weighted by Gasteiger charge is -2.20. The predicted molar refractivity (Wildman–Crippen MR) is 246 cm³/mol. The Morgan fingerprint density at radius 2 is 0.966 bits per heavy atom. The molecule has 0 aromatic rings. The number of carbonyl (C=O) groups is 1. The van der Waals surface area contributed by atoms with Crippen LogP contribution in [0.5, 0.6) is 0 Å². The Labute approximate surface area is 361 Å². The lowest BCUT2D eigenvalue weighted by Crippen LogP contribution is -2.29. The minimum absolute atomic E-state index is 0.0271. The van der Waals surface area contributed by atoms with E-state index in [1.165, 1.54) is 70.6 Å². The summed E-state index contributed by atoms with van der Waals surface area (Å²) >= 11 is 0. The number of rotatable bonds is 44. The van der Waals surface area contributed by atoms with Crippen LogP contribution in [0.2, 0.25) is 0 Å². The van der Waals surface area contributed by atoms with Crippen LogP contribution < -0.4 is 0 Å². The molecule has 0 radical (unpaired) electrons. The quantitative estimate of drug-likeness (QED) is 0.0237. The first-order valence-corrected chi connectivity index (χ1v) is 24.9. The summed E-state index contributed by atoms with van der Waals surface area (Å²) in [6.45, 7) is 3.33. The number of hydrogen-bond donors (Lipinski definition) is 3. The number of phosphoric acid groups is 1. The molecule has 0 spiro atoms. The van der Waals surface area contributed by atoms with Crippen LogP contribution >= 0.6 is 7.82 Å². The number of phosphoric ester groups is 1. The Kier molecular flexibility index (Phi) is 43.8. The number of esters is 1. The monoisotopic (exact) mass is 851 g/mol. The summed E-state index contributed by atoms with van der Waals surface area (Å²) < 4.78 is 33.4. The van der Waals surface area contributed by atoms with Gasteiger partial charge in [0.25, 0.3) is 0 Å². The maximum absolute atomic E-state index is 12.6. The van der Waals surface area contributed by atoms with Crippen LogP contribution in [0, 0.1) is 0 Å². The third kappa shape index (κ3) is 45.3. The second-order valence-corrected chi connectivity index (χ2v) is 16.8. The molecule has 10 heteroatoms. The van der Waals surface area contributed by atoms with Crippen LogP contribution in [0.15, 0.2) is 72.9 Å². The van der Waals surface area contributed by atoms with Crippen LogP contribution in [0.1, 0.15) is 187 Å². The van der Waals surface area contributed by atoms with E-state index >= 15 is 0 Å². The van der Waals surface area contributed by atoms with Crippen molar-refractivity contribution in [3.8, 4) is 0 Å². The van der Waals surface area contributed by atoms with Crippen molar-refractivity contribution < 1.29 is 43.0 Å². The van der Waals surface area contributed by atoms with Crippen molar-refractivity contribution in [3.63, 3.8) is 0 Å². The topological polar surface area (TPSA) is 132 Å². The van der Waals surface area contributed by atoms with Gasteiger partial charge in [0.15, 0.2) is 0 Å². The number of aliphatic hydroxyl groups excluding tert-OH is 2. The fraction of sp³-hybridized carbons (Fsp3) is 0.735. The average Bonchev–Trinajstić information content (AvgIpc) is 3.23. The van der Waals surface area contributed by atoms with E-state index in [-0.39, 0.29) is 13.0 Å². The third-order valence-corrected chi connectivity index (χ3v) is 10.6. The summed E-state index contributed by atoms with van der Waals surface area (Å²) in [6.07, 6.45) is 54.3. The van der Waals surface area contributed by atoms with E-state index in [2.05, 4.69) is 86.8 Å². The van der Waals surface area contributed by atoms with E-state index in [1.807, 2.05) is 0 Å². The zero-order valence-electron chi connectivity index (χ0n) is 37.4. The van der Waals surface area contributed by atoms with Crippen LogP contribution in [-0.4, -0.2) is 66.3 Å². The summed E-state index contributed by atoms with van der Waals surface area (Å²) in [5.41, 5.74) is 0. The molecule has 0 aliphatic rings. The molecule has 0 amide bonds. The van der Waals surface area contributed by atoms with Gasteiger partial charge in [-0.1, -0.05) is 170 Å². The van der Waals surface area contributed by atoms with Crippen molar-refractivity contribution in [3.05, 3.63) is 72.9 Å². The van der Waals surface area contributed by atoms with E-state index in [4.69, 9.17) is 23.6 Å².